The number of amides is 1. The van der Waals surface area contributed by atoms with Crippen LogP contribution in [0.1, 0.15) is 38.5 Å². The van der Waals surface area contributed by atoms with Gasteiger partial charge in [-0.3, -0.25) is 4.79 Å². The SMILES string of the molecule is CC1C(N)CCC(C(=O)NCCc2ccc(Cl)s2)C1(C)C. The van der Waals surface area contributed by atoms with Crippen LogP contribution in [0.2, 0.25) is 4.34 Å². The summed E-state index contributed by atoms with van der Waals surface area (Å²) in [5.41, 5.74) is 6.10. The highest BCUT2D eigenvalue weighted by molar-refractivity contribution is 7.16. The molecule has 5 heteroatoms. The molecule has 1 amide bonds. The molecular weight excluding hydrogens is 304 g/mol. The van der Waals surface area contributed by atoms with E-state index in [1.807, 2.05) is 12.1 Å². The van der Waals surface area contributed by atoms with Gasteiger partial charge in [0.25, 0.3) is 0 Å². The van der Waals surface area contributed by atoms with Crippen LogP contribution in [0.4, 0.5) is 0 Å². The van der Waals surface area contributed by atoms with Crippen LogP contribution in [0.25, 0.3) is 0 Å². The van der Waals surface area contributed by atoms with Crippen molar-refractivity contribution >= 4 is 28.8 Å². The van der Waals surface area contributed by atoms with E-state index in [2.05, 4.69) is 26.1 Å². The van der Waals surface area contributed by atoms with E-state index in [1.165, 1.54) is 4.88 Å². The van der Waals surface area contributed by atoms with E-state index in [0.717, 1.165) is 23.6 Å². The Morgan fingerprint density at radius 1 is 1.48 bits per heavy atom. The predicted octanol–water partition coefficient (Wildman–Crippen LogP) is 3.46. The molecule has 1 fully saturated rings. The number of halogens is 1. The summed E-state index contributed by atoms with van der Waals surface area (Å²) >= 11 is 7.48. The second-order valence-corrected chi connectivity index (χ2v) is 8.45. The topological polar surface area (TPSA) is 55.1 Å². The molecule has 3 atom stereocenters. The third kappa shape index (κ3) is 3.79. The van der Waals surface area contributed by atoms with E-state index >= 15 is 0 Å². The Kier molecular flexibility index (Phi) is 5.33. The van der Waals surface area contributed by atoms with Gasteiger partial charge in [-0.1, -0.05) is 32.4 Å². The largest absolute Gasteiger partial charge is 0.355 e. The highest BCUT2D eigenvalue weighted by atomic mass is 35.5. The van der Waals surface area contributed by atoms with Gasteiger partial charge >= 0.3 is 0 Å². The van der Waals surface area contributed by atoms with Crippen LogP contribution in [0.3, 0.4) is 0 Å². The van der Waals surface area contributed by atoms with Gasteiger partial charge in [-0.2, -0.15) is 0 Å². The van der Waals surface area contributed by atoms with Crippen LogP contribution in [-0.4, -0.2) is 18.5 Å². The number of thiophene rings is 1. The van der Waals surface area contributed by atoms with Crippen LogP contribution in [0.5, 0.6) is 0 Å². The van der Waals surface area contributed by atoms with Gasteiger partial charge in [0.05, 0.1) is 4.34 Å². The van der Waals surface area contributed by atoms with E-state index in [9.17, 15) is 4.79 Å². The first-order chi connectivity index (χ1) is 9.82. The second-order valence-electron chi connectivity index (χ2n) is 6.65. The third-order valence-corrected chi connectivity index (χ3v) is 6.41. The minimum atomic E-state index is -0.0476. The number of nitrogens with two attached hydrogens (primary N) is 1. The maximum Gasteiger partial charge on any atom is 0.223 e. The lowest BCUT2D eigenvalue weighted by Crippen LogP contribution is -2.51. The minimum Gasteiger partial charge on any atom is -0.355 e. The number of carbonyl (C=O) groups is 1. The molecule has 0 aliphatic heterocycles. The molecule has 3 N–H and O–H groups in total. The lowest BCUT2D eigenvalue weighted by molar-refractivity contribution is -0.132. The second kappa shape index (κ2) is 6.67. The van der Waals surface area contributed by atoms with Crippen molar-refractivity contribution in [2.45, 2.75) is 46.1 Å². The van der Waals surface area contributed by atoms with Crippen LogP contribution >= 0.6 is 22.9 Å². The Bertz CT molecular complexity index is 500. The van der Waals surface area contributed by atoms with Crippen LogP contribution < -0.4 is 11.1 Å². The predicted molar refractivity (Wildman–Crippen MR) is 89.7 cm³/mol. The van der Waals surface area contributed by atoms with Crippen molar-refractivity contribution in [3.05, 3.63) is 21.3 Å². The van der Waals surface area contributed by atoms with E-state index < -0.39 is 0 Å². The Hall–Kier alpha value is -0.580. The van der Waals surface area contributed by atoms with Crippen molar-refractivity contribution < 1.29 is 4.79 Å². The van der Waals surface area contributed by atoms with Gasteiger partial charge in [-0.15, -0.1) is 11.3 Å². The van der Waals surface area contributed by atoms with Gasteiger partial charge in [0, 0.05) is 23.4 Å². The van der Waals surface area contributed by atoms with Crippen LogP contribution in [0.15, 0.2) is 12.1 Å². The Labute approximate surface area is 136 Å². The zero-order valence-corrected chi connectivity index (χ0v) is 14.6. The van der Waals surface area contributed by atoms with E-state index in [4.69, 9.17) is 17.3 Å². The van der Waals surface area contributed by atoms with Gasteiger partial charge in [-0.05, 0) is 42.7 Å². The molecule has 0 aromatic carbocycles. The van der Waals surface area contributed by atoms with Crippen LogP contribution in [0, 0.1) is 17.3 Å². The molecule has 1 aliphatic rings. The van der Waals surface area contributed by atoms with Gasteiger partial charge in [0.2, 0.25) is 5.91 Å². The molecule has 1 aromatic rings. The molecule has 3 nitrogen and oxygen atoms in total. The van der Waals surface area contributed by atoms with Crippen molar-refractivity contribution in [3.8, 4) is 0 Å². The summed E-state index contributed by atoms with van der Waals surface area (Å²) in [7, 11) is 0. The average Bonchev–Trinajstić information content (AvgIpc) is 2.82. The van der Waals surface area contributed by atoms with Gasteiger partial charge in [-0.25, -0.2) is 0 Å². The first-order valence-electron chi connectivity index (χ1n) is 7.60. The van der Waals surface area contributed by atoms with Crippen LogP contribution in [-0.2, 0) is 11.2 Å². The summed E-state index contributed by atoms with van der Waals surface area (Å²) in [6.45, 7) is 7.17. The molecule has 1 aromatic heterocycles. The minimum absolute atomic E-state index is 0.0476. The molecule has 2 rings (SSSR count). The lowest BCUT2D eigenvalue weighted by Gasteiger charge is -2.46. The fourth-order valence-corrected chi connectivity index (χ4v) is 4.32. The summed E-state index contributed by atoms with van der Waals surface area (Å²) in [4.78, 5) is 13.7. The molecule has 3 unspecified atom stereocenters. The van der Waals surface area contributed by atoms with Gasteiger partial charge < -0.3 is 11.1 Å². The number of hydrogen-bond donors (Lipinski definition) is 2. The Balaban J connectivity index is 1.88. The number of carbonyl (C=O) groups excluding carboxylic acids is 1. The van der Waals surface area contributed by atoms with E-state index in [1.54, 1.807) is 11.3 Å². The standard InChI is InChI=1S/C16H25ClN2OS/c1-10-13(18)6-5-12(16(10,2)3)15(20)19-9-8-11-4-7-14(17)21-11/h4,7,10,12-13H,5-6,8-9,18H2,1-3H3,(H,19,20). The molecule has 0 spiro atoms. The summed E-state index contributed by atoms with van der Waals surface area (Å²) in [6.07, 6.45) is 2.66. The molecule has 118 valence electrons. The zero-order valence-electron chi connectivity index (χ0n) is 13.0. The summed E-state index contributed by atoms with van der Waals surface area (Å²) < 4.78 is 0.799. The van der Waals surface area contributed by atoms with Gasteiger partial charge in [0.15, 0.2) is 0 Å². The summed E-state index contributed by atoms with van der Waals surface area (Å²) in [5, 5.41) is 3.08. The molecule has 1 heterocycles. The molecule has 0 radical (unpaired) electrons. The van der Waals surface area contributed by atoms with Crippen molar-refractivity contribution in [3.63, 3.8) is 0 Å². The van der Waals surface area contributed by atoms with Crippen molar-refractivity contribution in [1.82, 2.24) is 5.32 Å². The highest BCUT2D eigenvalue weighted by Gasteiger charge is 2.44. The monoisotopic (exact) mass is 328 g/mol. The quantitative estimate of drug-likeness (QED) is 0.889. The maximum absolute atomic E-state index is 12.5. The normalized spacial score (nSPS) is 28.3. The maximum atomic E-state index is 12.5. The molecule has 1 saturated carbocycles. The number of rotatable bonds is 4. The van der Waals surface area contributed by atoms with Gasteiger partial charge in [0.1, 0.15) is 0 Å². The lowest BCUT2D eigenvalue weighted by atomic mass is 9.61. The average molecular weight is 329 g/mol. The van der Waals surface area contributed by atoms with E-state index in [0.29, 0.717) is 12.5 Å². The molecule has 0 saturated heterocycles. The molecular formula is C16H25ClN2OS. The number of nitrogens with one attached hydrogen (secondary N) is 1. The molecule has 1 aliphatic carbocycles. The van der Waals surface area contributed by atoms with Crippen molar-refractivity contribution in [1.29, 1.82) is 0 Å². The zero-order chi connectivity index (χ0) is 15.6. The first-order valence-corrected chi connectivity index (χ1v) is 8.79. The molecule has 21 heavy (non-hydrogen) atoms. The van der Waals surface area contributed by atoms with Crippen molar-refractivity contribution in [2.75, 3.05) is 6.54 Å². The summed E-state index contributed by atoms with van der Waals surface area (Å²) in [5.74, 6) is 0.582. The summed E-state index contributed by atoms with van der Waals surface area (Å²) in [6, 6.07) is 4.12. The van der Waals surface area contributed by atoms with Crippen molar-refractivity contribution in [2.24, 2.45) is 23.0 Å². The van der Waals surface area contributed by atoms with E-state index in [-0.39, 0.29) is 23.3 Å². The fourth-order valence-electron chi connectivity index (χ4n) is 3.24. The fraction of sp³-hybridized carbons (Fsp3) is 0.688. The number of hydrogen-bond acceptors (Lipinski definition) is 3. The Morgan fingerprint density at radius 3 is 2.81 bits per heavy atom. The smallest absolute Gasteiger partial charge is 0.223 e. The first kappa shape index (κ1) is 16.8. The molecule has 0 bridgehead atoms. The Morgan fingerprint density at radius 2 is 2.19 bits per heavy atom. The third-order valence-electron chi connectivity index (χ3n) is 5.12. The highest BCUT2D eigenvalue weighted by Crippen LogP contribution is 2.44.